The SMILES string of the molecule is CC(O)/C=C/C12OC1(C)CC(OC1OC(CO)C(O)C(O)C1O)CC2(C)C. The van der Waals surface area contributed by atoms with Crippen molar-refractivity contribution >= 4 is 0 Å². The second-order valence-electron chi connectivity index (χ2n) is 8.92. The number of fused-ring (bicyclic) bond motifs is 1. The summed E-state index contributed by atoms with van der Waals surface area (Å²) < 4.78 is 17.6. The summed E-state index contributed by atoms with van der Waals surface area (Å²) in [5.74, 6) is 0. The van der Waals surface area contributed by atoms with E-state index in [2.05, 4.69) is 13.8 Å². The van der Waals surface area contributed by atoms with Crippen LogP contribution in [-0.4, -0.2) is 86.3 Å². The largest absolute Gasteiger partial charge is 0.394 e. The molecule has 2 aliphatic heterocycles. The lowest BCUT2D eigenvalue weighted by atomic mass is 9.63. The van der Waals surface area contributed by atoms with Crippen LogP contribution in [0.1, 0.15) is 40.5 Å². The van der Waals surface area contributed by atoms with Crippen LogP contribution < -0.4 is 0 Å². The van der Waals surface area contributed by atoms with E-state index in [4.69, 9.17) is 14.2 Å². The van der Waals surface area contributed by atoms with Gasteiger partial charge >= 0.3 is 0 Å². The van der Waals surface area contributed by atoms with Gasteiger partial charge in [0, 0.05) is 11.8 Å². The van der Waals surface area contributed by atoms with E-state index in [0.29, 0.717) is 12.8 Å². The van der Waals surface area contributed by atoms with Gasteiger partial charge in [-0.1, -0.05) is 26.0 Å². The molecule has 9 unspecified atom stereocenters. The number of rotatable bonds is 5. The van der Waals surface area contributed by atoms with Gasteiger partial charge in [0.2, 0.25) is 0 Å². The molecular weight excluding hydrogens is 356 g/mol. The van der Waals surface area contributed by atoms with E-state index >= 15 is 0 Å². The van der Waals surface area contributed by atoms with E-state index in [1.807, 2.05) is 13.0 Å². The van der Waals surface area contributed by atoms with E-state index in [1.54, 1.807) is 13.0 Å². The molecule has 0 aromatic heterocycles. The maximum atomic E-state index is 10.2. The first kappa shape index (κ1) is 21.1. The molecule has 0 aromatic rings. The summed E-state index contributed by atoms with van der Waals surface area (Å²) in [4.78, 5) is 0. The maximum absolute atomic E-state index is 10.2. The van der Waals surface area contributed by atoms with Crippen LogP contribution in [0.15, 0.2) is 12.2 Å². The van der Waals surface area contributed by atoms with Crippen molar-refractivity contribution in [3.05, 3.63) is 12.2 Å². The van der Waals surface area contributed by atoms with Crippen LogP contribution >= 0.6 is 0 Å². The normalized spacial score (nSPS) is 50.4. The molecule has 0 spiro atoms. The van der Waals surface area contributed by atoms with Crippen molar-refractivity contribution in [2.45, 2.75) is 94.7 Å². The molecule has 1 aliphatic carbocycles. The third-order valence-electron chi connectivity index (χ3n) is 6.28. The van der Waals surface area contributed by atoms with Crippen LogP contribution in [0.2, 0.25) is 0 Å². The molecule has 2 saturated heterocycles. The Kier molecular flexibility index (Phi) is 5.51. The molecule has 3 rings (SSSR count). The van der Waals surface area contributed by atoms with Crippen LogP contribution in [-0.2, 0) is 14.2 Å². The van der Waals surface area contributed by atoms with Crippen LogP contribution in [0, 0.1) is 5.41 Å². The minimum absolute atomic E-state index is 0.301. The Morgan fingerprint density at radius 2 is 1.78 bits per heavy atom. The molecule has 156 valence electrons. The van der Waals surface area contributed by atoms with E-state index in [9.17, 15) is 25.5 Å². The molecule has 0 amide bonds. The highest BCUT2D eigenvalue weighted by atomic mass is 16.7. The van der Waals surface area contributed by atoms with Gasteiger partial charge in [0.15, 0.2) is 6.29 Å². The first-order chi connectivity index (χ1) is 12.5. The number of aliphatic hydroxyl groups is 5. The fourth-order valence-electron chi connectivity index (χ4n) is 4.78. The third-order valence-corrected chi connectivity index (χ3v) is 6.28. The average molecular weight is 388 g/mol. The Hall–Kier alpha value is -0.580. The van der Waals surface area contributed by atoms with Crippen molar-refractivity contribution in [2.75, 3.05) is 6.61 Å². The van der Waals surface area contributed by atoms with Gasteiger partial charge in [-0.05, 0) is 20.3 Å². The summed E-state index contributed by atoms with van der Waals surface area (Å²) in [6.07, 6.45) is -2.47. The van der Waals surface area contributed by atoms with Crippen molar-refractivity contribution in [1.82, 2.24) is 0 Å². The van der Waals surface area contributed by atoms with Gasteiger partial charge in [0.25, 0.3) is 0 Å². The lowest BCUT2D eigenvalue weighted by Gasteiger charge is -2.44. The molecule has 3 aliphatic rings. The highest BCUT2D eigenvalue weighted by molar-refractivity contribution is 5.32. The summed E-state index contributed by atoms with van der Waals surface area (Å²) in [6.45, 7) is 7.31. The summed E-state index contributed by atoms with van der Waals surface area (Å²) >= 11 is 0. The zero-order valence-electron chi connectivity index (χ0n) is 16.3. The minimum atomic E-state index is -1.46. The fourth-order valence-corrected chi connectivity index (χ4v) is 4.78. The predicted octanol–water partition coefficient (Wildman–Crippen LogP) is -0.544. The van der Waals surface area contributed by atoms with Crippen molar-refractivity contribution in [1.29, 1.82) is 0 Å². The van der Waals surface area contributed by atoms with E-state index < -0.39 is 54.6 Å². The molecule has 0 radical (unpaired) electrons. The number of hydrogen-bond donors (Lipinski definition) is 5. The standard InChI is InChI=1S/C19H32O8/c1-10(21)5-6-19-17(2,3)7-11(8-18(19,4)27-19)25-16-15(24)14(23)13(22)12(9-20)26-16/h5-6,10-16,20-24H,7-9H2,1-4H3/b6-5+. The van der Waals surface area contributed by atoms with Gasteiger partial charge in [0.1, 0.15) is 35.6 Å². The van der Waals surface area contributed by atoms with Crippen LogP contribution in [0.4, 0.5) is 0 Å². The van der Waals surface area contributed by atoms with Gasteiger partial charge in [-0.3, -0.25) is 0 Å². The molecule has 27 heavy (non-hydrogen) atoms. The van der Waals surface area contributed by atoms with Crippen molar-refractivity contribution < 1.29 is 39.7 Å². The molecule has 5 N–H and O–H groups in total. The average Bonchev–Trinajstić information content (AvgIpc) is 3.20. The first-order valence-electron chi connectivity index (χ1n) is 9.50. The number of hydrogen-bond acceptors (Lipinski definition) is 8. The van der Waals surface area contributed by atoms with Gasteiger partial charge in [-0.15, -0.1) is 0 Å². The summed E-state index contributed by atoms with van der Waals surface area (Å²) in [5.41, 5.74) is -1.27. The molecule has 1 saturated carbocycles. The van der Waals surface area contributed by atoms with E-state index in [-0.39, 0.29) is 11.5 Å². The van der Waals surface area contributed by atoms with Crippen LogP contribution in [0.25, 0.3) is 0 Å². The summed E-state index contributed by atoms with van der Waals surface area (Å²) in [5, 5.41) is 49.0. The van der Waals surface area contributed by atoms with E-state index in [1.165, 1.54) is 0 Å². The molecule has 8 nitrogen and oxygen atoms in total. The second kappa shape index (κ2) is 7.03. The molecule has 3 fully saturated rings. The number of ether oxygens (including phenoxy) is 3. The van der Waals surface area contributed by atoms with E-state index in [0.717, 1.165) is 0 Å². The highest BCUT2D eigenvalue weighted by Crippen LogP contribution is 2.66. The lowest BCUT2D eigenvalue weighted by Crippen LogP contribution is -2.60. The zero-order valence-corrected chi connectivity index (χ0v) is 16.3. The third kappa shape index (κ3) is 3.47. The fraction of sp³-hybridized carbons (Fsp3) is 0.895. The molecule has 2 heterocycles. The quantitative estimate of drug-likeness (QED) is 0.313. The number of aliphatic hydroxyl groups excluding tert-OH is 5. The lowest BCUT2D eigenvalue weighted by molar-refractivity contribution is -0.315. The topological polar surface area (TPSA) is 132 Å². The Morgan fingerprint density at radius 3 is 2.33 bits per heavy atom. The van der Waals surface area contributed by atoms with Crippen molar-refractivity contribution in [3.63, 3.8) is 0 Å². The predicted molar refractivity (Wildman–Crippen MR) is 94.7 cm³/mol. The van der Waals surface area contributed by atoms with Crippen molar-refractivity contribution in [2.24, 2.45) is 5.41 Å². The van der Waals surface area contributed by atoms with Crippen molar-refractivity contribution in [3.8, 4) is 0 Å². The smallest absolute Gasteiger partial charge is 0.186 e. The zero-order chi connectivity index (χ0) is 20.2. The van der Waals surface area contributed by atoms with Gasteiger partial charge in [0.05, 0.1) is 18.8 Å². The molecule has 0 aromatic carbocycles. The Bertz CT molecular complexity index is 576. The monoisotopic (exact) mass is 388 g/mol. The van der Waals surface area contributed by atoms with Gasteiger partial charge in [-0.25, -0.2) is 0 Å². The summed E-state index contributed by atoms with van der Waals surface area (Å²) in [7, 11) is 0. The Labute approximate surface area is 159 Å². The molecular formula is C19H32O8. The molecule has 9 atom stereocenters. The number of epoxide rings is 1. The maximum Gasteiger partial charge on any atom is 0.186 e. The van der Waals surface area contributed by atoms with Gasteiger partial charge < -0.3 is 39.7 Å². The highest BCUT2D eigenvalue weighted by Gasteiger charge is 2.75. The Balaban J connectivity index is 1.72. The molecule has 0 bridgehead atoms. The first-order valence-corrected chi connectivity index (χ1v) is 9.50. The van der Waals surface area contributed by atoms with Gasteiger partial charge in [-0.2, -0.15) is 0 Å². The minimum Gasteiger partial charge on any atom is -0.394 e. The second-order valence-corrected chi connectivity index (χ2v) is 8.92. The summed E-state index contributed by atoms with van der Waals surface area (Å²) in [6, 6.07) is 0. The molecule has 8 heteroatoms. The Morgan fingerprint density at radius 1 is 1.11 bits per heavy atom. The van der Waals surface area contributed by atoms with Crippen LogP contribution in [0.5, 0.6) is 0 Å². The van der Waals surface area contributed by atoms with Crippen LogP contribution in [0.3, 0.4) is 0 Å².